The van der Waals surface area contributed by atoms with Crippen LogP contribution < -0.4 is 10.1 Å². The molecule has 39 heavy (non-hydrogen) atoms. The summed E-state index contributed by atoms with van der Waals surface area (Å²) in [5, 5.41) is 11.9. The number of carbonyl (C=O) groups excluding carboxylic acids is 1. The van der Waals surface area contributed by atoms with Gasteiger partial charge in [-0.25, -0.2) is 18.4 Å². The molecular formula is C30H34F2N2O5. The van der Waals surface area contributed by atoms with E-state index in [0.717, 1.165) is 37.0 Å². The molecule has 3 aromatic rings. The summed E-state index contributed by atoms with van der Waals surface area (Å²) in [6.45, 7) is 2.99. The average Bonchev–Trinajstić information content (AvgIpc) is 2.93. The Bertz CT molecular complexity index is 1190. The standard InChI is InChI=1S/C30H34F2N2O5/c1-2-38-28(29(35)36)20-23-11-14-25(15-12-23)39-19-18-34(17-7-6-10-22-8-4-3-5-9-22)30(37)33-24-13-16-26(31)27(32)21-24/h3-5,8-9,11-16,21,28H,2,6-7,10,17-20H2,1H3,(H,33,37)(H,35,36). The summed E-state index contributed by atoms with van der Waals surface area (Å²) < 4.78 is 38.0. The lowest BCUT2D eigenvalue weighted by Gasteiger charge is -2.23. The van der Waals surface area contributed by atoms with Crippen LogP contribution in [0.4, 0.5) is 19.3 Å². The number of aliphatic carboxylic acids is 1. The van der Waals surface area contributed by atoms with Crippen LogP contribution in [0.2, 0.25) is 0 Å². The van der Waals surface area contributed by atoms with Gasteiger partial charge in [-0.05, 0) is 61.6 Å². The monoisotopic (exact) mass is 540 g/mol. The van der Waals surface area contributed by atoms with E-state index in [-0.39, 0.29) is 25.3 Å². The summed E-state index contributed by atoms with van der Waals surface area (Å²) in [6, 6.07) is 19.9. The van der Waals surface area contributed by atoms with Crippen molar-refractivity contribution in [1.82, 2.24) is 4.90 Å². The second kappa shape index (κ2) is 15.4. The molecule has 0 radical (unpaired) electrons. The first-order chi connectivity index (χ1) is 18.9. The number of anilines is 1. The number of hydrogen-bond acceptors (Lipinski definition) is 4. The van der Waals surface area contributed by atoms with Crippen LogP contribution in [-0.4, -0.2) is 54.4 Å². The minimum atomic E-state index is -1.04. The van der Waals surface area contributed by atoms with E-state index in [1.807, 2.05) is 18.2 Å². The van der Waals surface area contributed by atoms with E-state index in [0.29, 0.717) is 18.9 Å². The molecule has 0 aliphatic heterocycles. The maximum Gasteiger partial charge on any atom is 0.333 e. The lowest BCUT2D eigenvalue weighted by atomic mass is 10.1. The molecule has 0 saturated heterocycles. The second-order valence-corrected chi connectivity index (χ2v) is 8.97. The number of ether oxygens (including phenoxy) is 2. The highest BCUT2D eigenvalue weighted by atomic mass is 19.2. The Labute approximate surface area is 227 Å². The Balaban J connectivity index is 1.55. The van der Waals surface area contributed by atoms with Crippen molar-refractivity contribution < 1.29 is 33.0 Å². The summed E-state index contributed by atoms with van der Waals surface area (Å²) in [5.74, 6) is -2.46. The predicted octanol–water partition coefficient (Wildman–Crippen LogP) is 5.93. The largest absolute Gasteiger partial charge is 0.492 e. The third-order valence-electron chi connectivity index (χ3n) is 6.06. The molecule has 208 valence electrons. The van der Waals surface area contributed by atoms with Gasteiger partial charge in [0.2, 0.25) is 0 Å². The lowest BCUT2D eigenvalue weighted by molar-refractivity contribution is -0.149. The van der Waals surface area contributed by atoms with Gasteiger partial charge in [0.05, 0.1) is 6.54 Å². The van der Waals surface area contributed by atoms with Crippen molar-refractivity contribution in [3.8, 4) is 5.75 Å². The number of carboxylic acids is 1. The maximum absolute atomic E-state index is 13.6. The van der Waals surface area contributed by atoms with Crippen LogP contribution in [0.15, 0.2) is 72.8 Å². The molecule has 0 aromatic heterocycles. The molecule has 2 N–H and O–H groups in total. The Hall–Kier alpha value is -3.98. The first-order valence-electron chi connectivity index (χ1n) is 13.0. The van der Waals surface area contributed by atoms with Crippen molar-refractivity contribution >= 4 is 17.7 Å². The topological polar surface area (TPSA) is 88.1 Å². The van der Waals surface area contributed by atoms with Crippen LogP contribution >= 0.6 is 0 Å². The fourth-order valence-corrected chi connectivity index (χ4v) is 4.00. The predicted molar refractivity (Wildman–Crippen MR) is 145 cm³/mol. The molecule has 0 bridgehead atoms. The molecule has 0 fully saturated rings. The van der Waals surface area contributed by atoms with Crippen molar-refractivity contribution in [2.75, 3.05) is 31.6 Å². The number of aryl methyl sites for hydroxylation is 1. The quantitative estimate of drug-likeness (QED) is 0.233. The average molecular weight is 541 g/mol. The van der Waals surface area contributed by atoms with Gasteiger partial charge in [-0.15, -0.1) is 0 Å². The van der Waals surface area contributed by atoms with Gasteiger partial charge in [0, 0.05) is 31.3 Å². The van der Waals surface area contributed by atoms with Gasteiger partial charge in [0.15, 0.2) is 17.7 Å². The summed E-state index contributed by atoms with van der Waals surface area (Å²) in [6.07, 6.45) is 1.84. The van der Waals surface area contributed by atoms with E-state index in [2.05, 4.69) is 17.4 Å². The molecule has 0 saturated carbocycles. The van der Waals surface area contributed by atoms with Crippen LogP contribution in [0, 0.1) is 11.6 Å². The van der Waals surface area contributed by atoms with Gasteiger partial charge in [0.25, 0.3) is 0 Å². The van der Waals surface area contributed by atoms with Crippen molar-refractivity contribution in [2.45, 2.75) is 38.7 Å². The zero-order valence-electron chi connectivity index (χ0n) is 21.9. The van der Waals surface area contributed by atoms with E-state index in [1.165, 1.54) is 11.6 Å². The van der Waals surface area contributed by atoms with Crippen LogP contribution in [0.3, 0.4) is 0 Å². The number of halogens is 2. The van der Waals surface area contributed by atoms with E-state index >= 15 is 0 Å². The summed E-state index contributed by atoms with van der Waals surface area (Å²) in [5.41, 5.74) is 2.18. The lowest BCUT2D eigenvalue weighted by Crippen LogP contribution is -2.38. The van der Waals surface area contributed by atoms with Gasteiger partial charge in [-0.3, -0.25) is 0 Å². The number of amides is 2. The van der Waals surface area contributed by atoms with Gasteiger partial charge in [-0.1, -0.05) is 42.5 Å². The number of benzene rings is 3. The molecule has 0 heterocycles. The molecule has 1 atom stereocenters. The van der Waals surface area contributed by atoms with Gasteiger partial charge < -0.3 is 24.8 Å². The van der Waals surface area contributed by atoms with Crippen molar-refractivity contribution in [2.24, 2.45) is 0 Å². The minimum absolute atomic E-state index is 0.163. The van der Waals surface area contributed by atoms with Crippen LogP contribution in [0.5, 0.6) is 5.75 Å². The Morgan fingerprint density at radius 2 is 1.67 bits per heavy atom. The smallest absolute Gasteiger partial charge is 0.333 e. The van der Waals surface area contributed by atoms with Gasteiger partial charge in [0.1, 0.15) is 12.4 Å². The maximum atomic E-state index is 13.6. The highest BCUT2D eigenvalue weighted by Crippen LogP contribution is 2.16. The zero-order chi connectivity index (χ0) is 28.0. The first-order valence-corrected chi connectivity index (χ1v) is 13.0. The molecule has 2 amide bonds. The SMILES string of the molecule is CCOC(Cc1ccc(OCCN(CCCCc2ccccc2)C(=O)Nc2ccc(F)c(F)c2)cc1)C(=O)O. The molecule has 9 heteroatoms. The fraction of sp³-hybridized carbons (Fsp3) is 0.333. The number of hydrogen-bond donors (Lipinski definition) is 2. The van der Waals surface area contributed by atoms with E-state index in [1.54, 1.807) is 36.1 Å². The Morgan fingerprint density at radius 1 is 0.923 bits per heavy atom. The normalized spacial score (nSPS) is 11.6. The number of carbonyl (C=O) groups is 2. The molecule has 1 unspecified atom stereocenters. The molecule has 3 rings (SSSR count). The summed E-state index contributed by atoms with van der Waals surface area (Å²) >= 11 is 0. The number of carboxylic acid groups (broad SMARTS) is 1. The van der Waals surface area contributed by atoms with Gasteiger partial charge in [-0.2, -0.15) is 0 Å². The molecule has 7 nitrogen and oxygen atoms in total. The van der Waals surface area contributed by atoms with E-state index in [4.69, 9.17) is 9.47 Å². The number of urea groups is 1. The third-order valence-corrected chi connectivity index (χ3v) is 6.06. The van der Waals surface area contributed by atoms with Crippen molar-refractivity contribution in [1.29, 1.82) is 0 Å². The van der Waals surface area contributed by atoms with Crippen molar-refractivity contribution in [3.63, 3.8) is 0 Å². The fourth-order valence-electron chi connectivity index (χ4n) is 4.00. The molecule has 0 spiro atoms. The molecule has 3 aromatic carbocycles. The van der Waals surface area contributed by atoms with Gasteiger partial charge >= 0.3 is 12.0 Å². The van der Waals surface area contributed by atoms with Crippen LogP contribution in [-0.2, 0) is 22.4 Å². The number of unbranched alkanes of at least 4 members (excludes halogenated alkanes) is 1. The first kappa shape index (κ1) is 29.6. The van der Waals surface area contributed by atoms with E-state index < -0.39 is 29.7 Å². The zero-order valence-corrected chi connectivity index (χ0v) is 21.9. The number of rotatable bonds is 15. The molecular weight excluding hydrogens is 506 g/mol. The minimum Gasteiger partial charge on any atom is -0.492 e. The number of nitrogens with one attached hydrogen (secondary N) is 1. The molecule has 0 aliphatic rings. The highest BCUT2D eigenvalue weighted by Gasteiger charge is 2.18. The Kier molecular flexibility index (Phi) is 11.7. The summed E-state index contributed by atoms with van der Waals surface area (Å²) in [4.78, 5) is 25.8. The number of nitrogens with zero attached hydrogens (tertiary/aromatic N) is 1. The van der Waals surface area contributed by atoms with Crippen LogP contribution in [0.1, 0.15) is 30.9 Å². The molecule has 0 aliphatic carbocycles. The highest BCUT2D eigenvalue weighted by molar-refractivity contribution is 5.89. The van der Waals surface area contributed by atoms with E-state index in [9.17, 15) is 23.5 Å². The summed E-state index contributed by atoms with van der Waals surface area (Å²) in [7, 11) is 0. The third kappa shape index (κ3) is 10.0. The Morgan fingerprint density at radius 3 is 2.33 bits per heavy atom. The second-order valence-electron chi connectivity index (χ2n) is 8.97. The van der Waals surface area contributed by atoms with Crippen LogP contribution in [0.25, 0.3) is 0 Å². The van der Waals surface area contributed by atoms with Crippen molar-refractivity contribution in [3.05, 3.63) is 95.6 Å².